The van der Waals surface area contributed by atoms with Gasteiger partial charge in [-0.1, -0.05) is 33.1 Å². The normalized spacial score (nSPS) is 11.0. The summed E-state index contributed by atoms with van der Waals surface area (Å²) in [7, 11) is 0. The predicted molar refractivity (Wildman–Crippen MR) is 102 cm³/mol. The molecule has 1 aromatic heterocycles. The van der Waals surface area contributed by atoms with E-state index < -0.39 is 0 Å². The largest absolute Gasteiger partial charge is 0.494 e. The van der Waals surface area contributed by atoms with Crippen LogP contribution in [0.4, 0.5) is 5.95 Å². The summed E-state index contributed by atoms with van der Waals surface area (Å²) in [5.74, 6) is 1.21. The smallest absolute Gasteiger partial charge is 0.252 e. The van der Waals surface area contributed by atoms with Crippen LogP contribution < -0.4 is 15.7 Å². The van der Waals surface area contributed by atoms with Crippen LogP contribution in [-0.2, 0) is 6.42 Å². The fourth-order valence-corrected chi connectivity index (χ4v) is 2.31. The van der Waals surface area contributed by atoms with E-state index in [1.165, 1.54) is 18.9 Å². The number of anilines is 1. The standard InChI is InChI=1S/C19H26N4O2/c1-3-5-6-12-25-17-10-8-15(9-11-17)14-20-23-19-21-16(7-4-2)13-18(24)22-19/h8-11,13-14H,3-7,12H2,1-2H3,(H2,21,22,23,24)/b20-14+. The Morgan fingerprint density at radius 3 is 2.72 bits per heavy atom. The number of aromatic nitrogens is 2. The van der Waals surface area contributed by atoms with Gasteiger partial charge in [-0.25, -0.2) is 10.4 Å². The SMILES string of the molecule is CCCCCOc1ccc(/C=N/Nc2nc(CCC)cc(=O)[nH]2)cc1. The van der Waals surface area contributed by atoms with Crippen LogP contribution in [0.5, 0.6) is 5.75 Å². The lowest BCUT2D eigenvalue weighted by Crippen LogP contribution is -2.11. The molecule has 0 spiro atoms. The van der Waals surface area contributed by atoms with Gasteiger partial charge in [-0.05, 0) is 42.7 Å². The van der Waals surface area contributed by atoms with Gasteiger partial charge in [-0.2, -0.15) is 5.10 Å². The van der Waals surface area contributed by atoms with Crippen LogP contribution >= 0.6 is 0 Å². The van der Waals surface area contributed by atoms with Gasteiger partial charge in [0.2, 0.25) is 5.95 Å². The molecule has 1 heterocycles. The van der Waals surface area contributed by atoms with Gasteiger partial charge in [0.15, 0.2) is 0 Å². The number of hydrogen-bond donors (Lipinski definition) is 2. The third kappa shape index (κ3) is 6.79. The van der Waals surface area contributed by atoms with E-state index in [0.29, 0.717) is 5.95 Å². The van der Waals surface area contributed by atoms with Crippen molar-refractivity contribution in [2.75, 3.05) is 12.0 Å². The molecule has 1 aromatic carbocycles. The van der Waals surface area contributed by atoms with Gasteiger partial charge in [0.25, 0.3) is 5.56 Å². The Kier molecular flexibility index (Phi) is 7.69. The van der Waals surface area contributed by atoms with E-state index in [1.807, 2.05) is 31.2 Å². The highest BCUT2D eigenvalue weighted by Crippen LogP contribution is 2.12. The van der Waals surface area contributed by atoms with Crippen molar-refractivity contribution in [2.45, 2.75) is 46.0 Å². The quantitative estimate of drug-likeness (QED) is 0.392. The van der Waals surface area contributed by atoms with E-state index in [1.54, 1.807) is 6.21 Å². The molecule has 2 rings (SSSR count). The van der Waals surface area contributed by atoms with Gasteiger partial charge < -0.3 is 4.74 Å². The second-order valence-corrected chi connectivity index (χ2v) is 5.83. The molecule has 0 saturated heterocycles. The lowest BCUT2D eigenvalue weighted by molar-refractivity contribution is 0.306. The van der Waals surface area contributed by atoms with Crippen LogP contribution in [0.3, 0.4) is 0 Å². The van der Waals surface area contributed by atoms with Gasteiger partial charge in [-0.15, -0.1) is 0 Å². The van der Waals surface area contributed by atoms with Crippen molar-refractivity contribution in [3.8, 4) is 5.75 Å². The zero-order chi connectivity index (χ0) is 17.9. The van der Waals surface area contributed by atoms with Gasteiger partial charge in [0.05, 0.1) is 12.8 Å². The lowest BCUT2D eigenvalue weighted by Gasteiger charge is -2.05. The zero-order valence-corrected chi connectivity index (χ0v) is 14.9. The topological polar surface area (TPSA) is 79.4 Å². The number of unbranched alkanes of at least 4 members (excludes halogenated alkanes) is 2. The van der Waals surface area contributed by atoms with Gasteiger partial charge in [-0.3, -0.25) is 9.78 Å². The predicted octanol–water partition coefficient (Wildman–Crippen LogP) is 3.74. The number of H-pyrrole nitrogens is 1. The molecule has 2 N–H and O–H groups in total. The first-order chi connectivity index (χ1) is 12.2. The molecule has 0 aliphatic carbocycles. The van der Waals surface area contributed by atoms with E-state index in [9.17, 15) is 4.79 Å². The van der Waals surface area contributed by atoms with Crippen LogP contribution in [0.15, 0.2) is 40.2 Å². The summed E-state index contributed by atoms with van der Waals surface area (Å²) in [5.41, 5.74) is 4.28. The molecule has 6 nitrogen and oxygen atoms in total. The number of rotatable bonds is 10. The van der Waals surface area contributed by atoms with Gasteiger partial charge in [0.1, 0.15) is 5.75 Å². The average Bonchev–Trinajstić information content (AvgIpc) is 2.60. The Balaban J connectivity index is 1.88. The molecule has 25 heavy (non-hydrogen) atoms. The number of aromatic amines is 1. The van der Waals surface area contributed by atoms with Gasteiger partial charge in [0, 0.05) is 11.8 Å². The molecule has 0 atom stereocenters. The maximum absolute atomic E-state index is 11.6. The number of aryl methyl sites for hydroxylation is 1. The number of nitrogens with one attached hydrogen (secondary N) is 2. The van der Waals surface area contributed by atoms with E-state index in [0.717, 1.165) is 42.9 Å². The molecule has 0 radical (unpaired) electrons. The molecule has 134 valence electrons. The van der Waals surface area contributed by atoms with Gasteiger partial charge >= 0.3 is 0 Å². The molecule has 0 aliphatic heterocycles. The molecule has 0 saturated carbocycles. The van der Waals surface area contributed by atoms with E-state index in [-0.39, 0.29) is 5.56 Å². The number of nitrogens with zero attached hydrogens (tertiary/aromatic N) is 2. The van der Waals surface area contributed by atoms with Crippen molar-refractivity contribution < 1.29 is 4.74 Å². The van der Waals surface area contributed by atoms with Crippen molar-refractivity contribution >= 4 is 12.2 Å². The molecule has 0 aliphatic rings. The molecule has 6 heteroatoms. The number of ether oxygens (including phenoxy) is 1. The van der Waals surface area contributed by atoms with Crippen LogP contribution in [-0.4, -0.2) is 22.8 Å². The second-order valence-electron chi connectivity index (χ2n) is 5.83. The lowest BCUT2D eigenvalue weighted by atomic mass is 10.2. The number of hydrazone groups is 1. The minimum atomic E-state index is -0.180. The third-order valence-electron chi connectivity index (χ3n) is 3.58. The van der Waals surface area contributed by atoms with Crippen molar-refractivity contribution in [1.29, 1.82) is 0 Å². The van der Waals surface area contributed by atoms with Crippen molar-refractivity contribution in [1.82, 2.24) is 9.97 Å². The Labute approximate surface area is 148 Å². The van der Waals surface area contributed by atoms with E-state index in [2.05, 4.69) is 27.4 Å². The van der Waals surface area contributed by atoms with Crippen molar-refractivity contribution in [3.05, 3.63) is 51.9 Å². The summed E-state index contributed by atoms with van der Waals surface area (Å²) in [4.78, 5) is 18.5. The summed E-state index contributed by atoms with van der Waals surface area (Å²) in [6.45, 7) is 4.97. The highest BCUT2D eigenvalue weighted by Gasteiger charge is 1.99. The molecular weight excluding hydrogens is 316 g/mol. The second kappa shape index (κ2) is 10.3. The van der Waals surface area contributed by atoms with Crippen molar-refractivity contribution in [2.24, 2.45) is 5.10 Å². The molecule has 0 fully saturated rings. The fraction of sp³-hybridized carbons (Fsp3) is 0.421. The maximum Gasteiger partial charge on any atom is 0.252 e. The Bertz CT molecular complexity index is 723. The highest BCUT2D eigenvalue weighted by molar-refractivity contribution is 5.80. The summed E-state index contributed by atoms with van der Waals surface area (Å²) < 4.78 is 5.68. The van der Waals surface area contributed by atoms with Crippen LogP contribution in [0.2, 0.25) is 0 Å². The van der Waals surface area contributed by atoms with Crippen LogP contribution in [0, 0.1) is 0 Å². The summed E-state index contributed by atoms with van der Waals surface area (Å²) in [6, 6.07) is 9.23. The van der Waals surface area contributed by atoms with E-state index in [4.69, 9.17) is 4.74 Å². The molecular formula is C19H26N4O2. The summed E-state index contributed by atoms with van der Waals surface area (Å²) in [6.07, 6.45) is 6.83. The van der Waals surface area contributed by atoms with E-state index >= 15 is 0 Å². The first-order valence-electron chi connectivity index (χ1n) is 8.83. The monoisotopic (exact) mass is 342 g/mol. The Morgan fingerprint density at radius 1 is 1.20 bits per heavy atom. The fourth-order valence-electron chi connectivity index (χ4n) is 2.31. The minimum Gasteiger partial charge on any atom is -0.494 e. The number of benzene rings is 1. The molecule has 2 aromatic rings. The average molecular weight is 342 g/mol. The third-order valence-corrected chi connectivity index (χ3v) is 3.58. The summed E-state index contributed by atoms with van der Waals surface area (Å²) in [5, 5.41) is 4.12. The molecule has 0 unspecified atom stereocenters. The molecule has 0 amide bonds. The minimum absolute atomic E-state index is 0.180. The van der Waals surface area contributed by atoms with Crippen LogP contribution in [0.1, 0.15) is 50.8 Å². The highest BCUT2D eigenvalue weighted by atomic mass is 16.5. The Hall–Kier alpha value is -2.63. The zero-order valence-electron chi connectivity index (χ0n) is 14.9. The summed E-state index contributed by atoms with van der Waals surface area (Å²) >= 11 is 0. The number of hydrogen-bond acceptors (Lipinski definition) is 5. The Morgan fingerprint density at radius 2 is 2.00 bits per heavy atom. The van der Waals surface area contributed by atoms with Crippen molar-refractivity contribution in [3.63, 3.8) is 0 Å². The maximum atomic E-state index is 11.6. The van der Waals surface area contributed by atoms with Crippen LogP contribution in [0.25, 0.3) is 0 Å². The first kappa shape index (κ1) is 18.7. The molecule has 0 bridgehead atoms. The first-order valence-corrected chi connectivity index (χ1v) is 8.83.